The highest BCUT2D eigenvalue weighted by Gasteiger charge is 2.17. The monoisotopic (exact) mass is 324 g/mol. The minimum atomic E-state index is -0.127. The van der Waals surface area contributed by atoms with Gasteiger partial charge in [0.05, 0.1) is 17.9 Å². The van der Waals surface area contributed by atoms with Gasteiger partial charge in [0.15, 0.2) is 0 Å². The average molecular weight is 325 g/mol. The average Bonchev–Trinajstić information content (AvgIpc) is 2.40. The highest BCUT2D eigenvalue weighted by molar-refractivity contribution is 9.10. The molecule has 0 unspecified atom stereocenters. The highest BCUT2D eigenvalue weighted by atomic mass is 79.9. The van der Waals surface area contributed by atoms with Gasteiger partial charge in [0.1, 0.15) is 5.76 Å². The van der Waals surface area contributed by atoms with E-state index in [0.29, 0.717) is 12.2 Å². The summed E-state index contributed by atoms with van der Waals surface area (Å²) in [5.74, 6) is 0.593. The van der Waals surface area contributed by atoms with Crippen molar-refractivity contribution in [3.63, 3.8) is 0 Å². The van der Waals surface area contributed by atoms with Crippen LogP contribution in [0, 0.1) is 6.92 Å². The van der Waals surface area contributed by atoms with Crippen LogP contribution >= 0.6 is 15.9 Å². The van der Waals surface area contributed by atoms with Gasteiger partial charge in [0.2, 0.25) is 0 Å². The molecule has 2 N–H and O–H groups in total. The lowest BCUT2D eigenvalue weighted by Crippen LogP contribution is -2.32. The van der Waals surface area contributed by atoms with E-state index in [1.165, 1.54) is 0 Å². The predicted octanol–water partition coefficient (Wildman–Crippen LogP) is 3.29. The molecule has 19 heavy (non-hydrogen) atoms. The van der Waals surface area contributed by atoms with E-state index in [4.69, 9.17) is 4.74 Å². The van der Waals surface area contributed by atoms with Crippen molar-refractivity contribution >= 4 is 27.5 Å². The first-order valence-electron chi connectivity index (χ1n) is 6.23. The van der Waals surface area contributed by atoms with E-state index in [1.54, 1.807) is 0 Å². The molecule has 1 aromatic rings. The van der Waals surface area contributed by atoms with Crippen LogP contribution < -0.4 is 10.9 Å². The van der Waals surface area contributed by atoms with Crippen molar-refractivity contribution < 1.29 is 9.53 Å². The molecule has 0 aromatic heterocycles. The quantitative estimate of drug-likeness (QED) is 0.839. The summed E-state index contributed by atoms with van der Waals surface area (Å²) >= 11 is 3.44. The van der Waals surface area contributed by atoms with E-state index < -0.39 is 0 Å². The number of carbonyl (C=O) groups is 1. The molecular weight excluding hydrogens is 308 g/mol. The molecule has 4 nitrogen and oxygen atoms in total. The van der Waals surface area contributed by atoms with Crippen molar-refractivity contribution in [1.82, 2.24) is 5.43 Å². The lowest BCUT2D eigenvalue weighted by molar-refractivity contribution is -0.117. The molecule has 0 fully saturated rings. The number of aryl methyl sites for hydroxylation is 1. The molecule has 1 amide bonds. The Kier molecular flexibility index (Phi) is 4.47. The Hall–Kier alpha value is -1.49. The molecule has 102 valence electrons. The zero-order valence-electron chi connectivity index (χ0n) is 11.0. The third-order valence-electron chi connectivity index (χ3n) is 3.07. The molecule has 0 atom stereocenters. The van der Waals surface area contributed by atoms with Crippen molar-refractivity contribution in [1.29, 1.82) is 0 Å². The fourth-order valence-corrected chi connectivity index (χ4v) is 2.18. The summed E-state index contributed by atoms with van der Waals surface area (Å²) < 4.78 is 6.43. The number of amides is 1. The van der Waals surface area contributed by atoms with Crippen molar-refractivity contribution in [2.75, 3.05) is 12.0 Å². The van der Waals surface area contributed by atoms with Gasteiger partial charge in [-0.15, -0.1) is 0 Å². The number of hydrogen-bond donors (Lipinski definition) is 2. The summed E-state index contributed by atoms with van der Waals surface area (Å²) in [6.07, 6.45) is 1.65. The van der Waals surface area contributed by atoms with E-state index >= 15 is 0 Å². The van der Waals surface area contributed by atoms with Crippen LogP contribution in [-0.2, 0) is 9.53 Å². The fourth-order valence-electron chi connectivity index (χ4n) is 1.94. The molecule has 1 aromatic carbocycles. The second-order valence-electron chi connectivity index (χ2n) is 4.53. The minimum absolute atomic E-state index is 0.127. The third-order valence-corrected chi connectivity index (χ3v) is 3.96. The molecule has 0 bridgehead atoms. The highest BCUT2D eigenvalue weighted by Crippen LogP contribution is 2.20. The van der Waals surface area contributed by atoms with E-state index in [2.05, 4.69) is 26.8 Å². The van der Waals surface area contributed by atoms with Crippen LogP contribution in [0.15, 0.2) is 34.0 Å². The maximum absolute atomic E-state index is 12.0. The van der Waals surface area contributed by atoms with Gasteiger partial charge >= 0.3 is 0 Å². The summed E-state index contributed by atoms with van der Waals surface area (Å²) in [6, 6.07) is 5.80. The maximum atomic E-state index is 12.0. The molecule has 0 radical (unpaired) electrons. The first-order valence-corrected chi connectivity index (χ1v) is 7.02. The molecule has 0 saturated heterocycles. The van der Waals surface area contributed by atoms with Crippen molar-refractivity contribution in [2.45, 2.75) is 26.7 Å². The number of carbonyl (C=O) groups excluding carboxylic acids is 1. The van der Waals surface area contributed by atoms with Crippen molar-refractivity contribution in [2.24, 2.45) is 0 Å². The third kappa shape index (κ3) is 3.50. The Morgan fingerprint density at radius 3 is 2.84 bits per heavy atom. The number of nitrogens with one attached hydrogen (secondary N) is 2. The van der Waals surface area contributed by atoms with Gasteiger partial charge in [-0.05, 0) is 50.5 Å². The van der Waals surface area contributed by atoms with Gasteiger partial charge in [-0.1, -0.05) is 15.9 Å². The van der Waals surface area contributed by atoms with Crippen molar-refractivity contribution in [3.05, 3.63) is 39.6 Å². The van der Waals surface area contributed by atoms with Crippen LogP contribution in [-0.4, -0.2) is 12.5 Å². The number of allylic oxidation sites excluding steroid dienone is 1. The smallest absolute Gasteiger partial charge is 0.268 e. The SMILES string of the molecule is CC1=C(C(=O)NNc2ccc(Br)c(C)c2)CCCO1. The predicted molar refractivity (Wildman–Crippen MR) is 78.5 cm³/mol. The Balaban J connectivity index is 1.98. The fraction of sp³-hybridized carbons (Fsp3) is 0.357. The van der Waals surface area contributed by atoms with E-state index in [0.717, 1.165) is 34.3 Å². The molecule has 1 heterocycles. The number of benzene rings is 1. The first-order chi connectivity index (χ1) is 9.08. The van der Waals surface area contributed by atoms with Crippen LogP contribution in [0.1, 0.15) is 25.3 Å². The van der Waals surface area contributed by atoms with Crippen LogP contribution in [0.5, 0.6) is 0 Å². The summed E-state index contributed by atoms with van der Waals surface area (Å²) in [4.78, 5) is 12.0. The van der Waals surface area contributed by atoms with E-state index in [-0.39, 0.29) is 5.91 Å². The van der Waals surface area contributed by atoms with Gasteiger partial charge in [0.25, 0.3) is 5.91 Å². The zero-order valence-corrected chi connectivity index (χ0v) is 12.6. The standard InChI is InChI=1S/C14H17BrN2O2/c1-9-8-11(5-6-13(9)15)16-17-14(18)12-4-3-7-19-10(12)2/h5-6,8,16H,3-4,7H2,1-2H3,(H,17,18). The molecule has 1 aliphatic heterocycles. The van der Waals surface area contributed by atoms with Gasteiger partial charge < -0.3 is 4.74 Å². The summed E-state index contributed by atoms with van der Waals surface area (Å²) in [7, 11) is 0. The number of hydrazine groups is 1. The number of rotatable bonds is 3. The van der Waals surface area contributed by atoms with Gasteiger partial charge in [0, 0.05) is 4.47 Å². The Morgan fingerprint density at radius 1 is 1.37 bits per heavy atom. The Labute approximate surface area is 121 Å². The molecular formula is C14H17BrN2O2. The second-order valence-corrected chi connectivity index (χ2v) is 5.38. The normalized spacial score (nSPS) is 14.9. The number of ether oxygens (including phenoxy) is 1. The Morgan fingerprint density at radius 2 is 2.16 bits per heavy atom. The molecule has 2 rings (SSSR count). The molecule has 1 aliphatic rings. The van der Waals surface area contributed by atoms with Crippen LogP contribution in [0.2, 0.25) is 0 Å². The summed E-state index contributed by atoms with van der Waals surface area (Å²) in [6.45, 7) is 4.53. The molecule has 0 saturated carbocycles. The molecule has 0 spiro atoms. The molecule has 5 heteroatoms. The topological polar surface area (TPSA) is 50.4 Å². The van der Waals surface area contributed by atoms with Crippen LogP contribution in [0.25, 0.3) is 0 Å². The van der Waals surface area contributed by atoms with Gasteiger partial charge in [-0.2, -0.15) is 0 Å². The lowest BCUT2D eigenvalue weighted by Gasteiger charge is -2.18. The van der Waals surface area contributed by atoms with Crippen LogP contribution in [0.4, 0.5) is 5.69 Å². The minimum Gasteiger partial charge on any atom is -0.498 e. The number of hydrogen-bond acceptors (Lipinski definition) is 3. The number of anilines is 1. The number of halogens is 1. The van der Waals surface area contributed by atoms with Crippen LogP contribution in [0.3, 0.4) is 0 Å². The largest absolute Gasteiger partial charge is 0.498 e. The van der Waals surface area contributed by atoms with Crippen molar-refractivity contribution in [3.8, 4) is 0 Å². The maximum Gasteiger partial charge on any atom is 0.268 e. The van der Waals surface area contributed by atoms with Gasteiger partial charge in [-0.3, -0.25) is 15.6 Å². The first kappa shape index (κ1) is 13.9. The van der Waals surface area contributed by atoms with Gasteiger partial charge in [-0.25, -0.2) is 0 Å². The second kappa shape index (κ2) is 6.10. The Bertz CT molecular complexity index is 526. The lowest BCUT2D eigenvalue weighted by atomic mass is 10.1. The molecule has 0 aliphatic carbocycles. The zero-order chi connectivity index (χ0) is 13.8. The van der Waals surface area contributed by atoms with E-state index in [9.17, 15) is 4.79 Å². The summed E-state index contributed by atoms with van der Waals surface area (Å²) in [5.41, 5.74) is 8.30. The summed E-state index contributed by atoms with van der Waals surface area (Å²) in [5, 5.41) is 0. The van der Waals surface area contributed by atoms with E-state index in [1.807, 2.05) is 32.0 Å².